The van der Waals surface area contributed by atoms with Crippen molar-refractivity contribution in [2.24, 2.45) is 0 Å². The highest BCUT2D eigenvalue weighted by atomic mass is 32.2. The van der Waals surface area contributed by atoms with Gasteiger partial charge in [0.05, 0.1) is 42.7 Å². The van der Waals surface area contributed by atoms with Gasteiger partial charge in [-0.25, -0.2) is 30.9 Å². The Morgan fingerprint density at radius 3 is 2.20 bits per heavy atom. The van der Waals surface area contributed by atoms with E-state index in [9.17, 15) is 13.2 Å². The molecule has 0 radical (unpaired) electrons. The molecule has 224 valence electrons. The van der Waals surface area contributed by atoms with E-state index in [-0.39, 0.29) is 34.3 Å². The number of fused-ring (bicyclic) bond motifs is 3. The molecule has 4 heterocycles. The number of urea groups is 1. The molecule has 0 unspecified atom stereocenters. The van der Waals surface area contributed by atoms with Crippen LogP contribution in [0.5, 0.6) is 11.5 Å². The van der Waals surface area contributed by atoms with E-state index in [2.05, 4.69) is 9.97 Å². The van der Waals surface area contributed by atoms with Crippen molar-refractivity contribution in [1.82, 2.24) is 13.9 Å². The maximum absolute atomic E-state index is 15.4. The van der Waals surface area contributed by atoms with E-state index in [0.29, 0.717) is 22.3 Å². The molecule has 1 aliphatic rings. The minimum atomic E-state index is -4.15. The van der Waals surface area contributed by atoms with Crippen LogP contribution in [0, 0.1) is 11.6 Å². The van der Waals surface area contributed by atoms with Gasteiger partial charge in [0.25, 0.3) is 10.0 Å². The lowest BCUT2D eigenvalue weighted by Crippen LogP contribution is -2.46. The van der Waals surface area contributed by atoms with Crippen LogP contribution < -0.4 is 19.3 Å². The van der Waals surface area contributed by atoms with E-state index in [4.69, 9.17) is 9.47 Å². The zero-order valence-electron chi connectivity index (χ0n) is 23.7. The Hall–Kier alpha value is -5.30. The van der Waals surface area contributed by atoms with Crippen LogP contribution in [-0.4, -0.2) is 49.7 Å². The van der Waals surface area contributed by atoms with Gasteiger partial charge in [-0.2, -0.15) is 0 Å². The monoisotopic (exact) mass is 617 g/mol. The van der Waals surface area contributed by atoms with E-state index in [0.717, 1.165) is 14.9 Å². The van der Waals surface area contributed by atoms with Gasteiger partial charge in [0, 0.05) is 36.5 Å². The minimum Gasteiger partial charge on any atom is -0.493 e. The summed E-state index contributed by atoms with van der Waals surface area (Å²) in [6.07, 6.45) is 6.27. The first-order valence-corrected chi connectivity index (χ1v) is 14.7. The van der Waals surface area contributed by atoms with Crippen molar-refractivity contribution < 1.29 is 31.5 Å². The summed E-state index contributed by atoms with van der Waals surface area (Å²) in [6, 6.07) is 15.1. The first kappa shape index (κ1) is 28.8. The van der Waals surface area contributed by atoms with E-state index in [1.165, 1.54) is 44.5 Å². The summed E-state index contributed by atoms with van der Waals surface area (Å²) in [5.74, 6) is -2.76. The lowest BCUT2D eigenvalue weighted by molar-refractivity contribution is 0.250. The molecule has 44 heavy (non-hydrogen) atoms. The number of benzene rings is 2. The Labute approximate surface area is 251 Å². The lowest BCUT2D eigenvalue weighted by atomic mass is 10.1. The predicted octanol–water partition coefficient (Wildman–Crippen LogP) is 5.71. The van der Waals surface area contributed by atoms with Crippen molar-refractivity contribution in [3.8, 4) is 11.5 Å². The summed E-state index contributed by atoms with van der Waals surface area (Å²) in [6.45, 7) is -0.263. The van der Waals surface area contributed by atoms with E-state index in [1.54, 1.807) is 60.8 Å². The SMILES string of the molecule is COc1cc(OC)c(F)c(N2Cc3cnc4c(cc(C=Cc5ccccn5)n4S(=O)(=O)c4ccccc4)c3N(C)C2=O)c1F. The molecule has 0 N–H and O–H groups in total. The molecule has 10 nitrogen and oxygen atoms in total. The van der Waals surface area contributed by atoms with E-state index < -0.39 is 33.4 Å². The largest absolute Gasteiger partial charge is 0.493 e. The molecule has 0 fully saturated rings. The zero-order valence-corrected chi connectivity index (χ0v) is 24.5. The second-order valence-corrected chi connectivity index (χ2v) is 11.6. The van der Waals surface area contributed by atoms with Crippen molar-refractivity contribution in [3.63, 3.8) is 0 Å². The number of carbonyl (C=O) groups excluding carboxylic acids is 1. The second-order valence-electron chi connectivity index (χ2n) is 9.79. The summed E-state index contributed by atoms with van der Waals surface area (Å²) in [5.41, 5.74) is 1.05. The number of rotatable bonds is 7. The standard InChI is InChI=1S/C31H25F2N5O5S/c1-36-28-19(18-37(31(36)39)29-26(32)24(42-2)16-25(43-3)27(29)33)17-35-30-23(28)15-21(13-12-20-9-7-8-14-34-20)38(30)44(40,41)22-10-5-4-6-11-22/h4-17H,18H2,1-3H3. The van der Waals surface area contributed by atoms with Crippen LogP contribution in [0.2, 0.25) is 0 Å². The quantitative estimate of drug-likeness (QED) is 0.230. The van der Waals surface area contributed by atoms with Crippen molar-refractivity contribution >= 4 is 50.6 Å². The van der Waals surface area contributed by atoms with Crippen molar-refractivity contribution in [2.75, 3.05) is 31.1 Å². The highest BCUT2D eigenvalue weighted by Crippen LogP contribution is 2.43. The van der Waals surface area contributed by atoms with Gasteiger partial charge in [0.2, 0.25) is 0 Å². The van der Waals surface area contributed by atoms with Crippen LogP contribution in [0.4, 0.5) is 25.0 Å². The summed E-state index contributed by atoms with van der Waals surface area (Å²) in [5, 5.41) is 0.349. The van der Waals surface area contributed by atoms with E-state index in [1.807, 2.05) is 0 Å². The highest BCUT2D eigenvalue weighted by molar-refractivity contribution is 7.90. The van der Waals surface area contributed by atoms with Crippen molar-refractivity contribution in [1.29, 1.82) is 0 Å². The normalized spacial score (nSPS) is 13.5. The molecule has 2 amide bonds. The zero-order chi connectivity index (χ0) is 31.2. The first-order chi connectivity index (χ1) is 21.2. The number of amides is 2. The molecule has 3 aromatic heterocycles. The second kappa shape index (κ2) is 11.1. The Balaban J connectivity index is 1.55. The first-order valence-electron chi connectivity index (χ1n) is 13.3. The van der Waals surface area contributed by atoms with E-state index >= 15 is 8.78 Å². The number of hydrogen-bond acceptors (Lipinski definition) is 7. The van der Waals surface area contributed by atoms with Gasteiger partial charge in [0.15, 0.2) is 28.8 Å². The van der Waals surface area contributed by atoms with Crippen molar-refractivity contribution in [2.45, 2.75) is 11.4 Å². The molecular formula is C31H25F2N5O5S. The molecule has 13 heteroatoms. The maximum atomic E-state index is 15.4. The fourth-order valence-corrected chi connectivity index (χ4v) is 6.67. The smallest absolute Gasteiger partial charge is 0.329 e. The van der Waals surface area contributed by atoms with Gasteiger partial charge >= 0.3 is 6.03 Å². The lowest BCUT2D eigenvalue weighted by Gasteiger charge is -2.35. The summed E-state index contributed by atoms with van der Waals surface area (Å²) in [4.78, 5) is 24.7. The molecule has 0 spiro atoms. The average Bonchev–Trinajstić information content (AvgIpc) is 3.42. The number of anilines is 2. The fraction of sp³-hybridized carbons (Fsp3) is 0.129. The summed E-state index contributed by atoms with van der Waals surface area (Å²) >= 11 is 0. The molecule has 1 aliphatic heterocycles. The topological polar surface area (TPSA) is 107 Å². The molecule has 0 bridgehead atoms. The average molecular weight is 618 g/mol. The minimum absolute atomic E-state index is 0.0398. The molecule has 0 atom stereocenters. The third kappa shape index (κ3) is 4.61. The summed E-state index contributed by atoms with van der Waals surface area (Å²) in [7, 11) is -0.285. The van der Waals surface area contributed by atoms with Crippen LogP contribution in [-0.2, 0) is 16.6 Å². The molecule has 0 saturated heterocycles. The third-order valence-electron chi connectivity index (χ3n) is 7.26. The highest BCUT2D eigenvalue weighted by Gasteiger charge is 2.37. The number of hydrogen-bond donors (Lipinski definition) is 0. The third-order valence-corrected chi connectivity index (χ3v) is 8.99. The van der Waals surface area contributed by atoms with Gasteiger partial charge in [0.1, 0.15) is 5.69 Å². The fourth-order valence-electron chi connectivity index (χ4n) is 5.19. The van der Waals surface area contributed by atoms with Crippen LogP contribution in [0.15, 0.2) is 78.0 Å². The molecule has 0 saturated carbocycles. The van der Waals surface area contributed by atoms with Crippen molar-refractivity contribution in [3.05, 3.63) is 102 Å². The number of aromatic nitrogens is 3. The van der Waals surface area contributed by atoms with Crippen LogP contribution >= 0.6 is 0 Å². The summed E-state index contributed by atoms with van der Waals surface area (Å²) < 4.78 is 69.9. The Morgan fingerprint density at radius 1 is 0.886 bits per heavy atom. The molecular weight excluding hydrogens is 592 g/mol. The van der Waals surface area contributed by atoms with Gasteiger partial charge < -0.3 is 9.47 Å². The Bertz CT molecular complexity index is 2020. The Morgan fingerprint density at radius 2 is 1.57 bits per heavy atom. The molecule has 0 aliphatic carbocycles. The number of ether oxygens (including phenoxy) is 2. The number of pyridine rings is 2. The maximum Gasteiger partial charge on any atom is 0.329 e. The van der Waals surface area contributed by atoms with Crippen LogP contribution in [0.25, 0.3) is 23.2 Å². The molecule has 6 rings (SSSR count). The van der Waals surface area contributed by atoms with Gasteiger partial charge in [-0.1, -0.05) is 24.3 Å². The number of halogens is 2. The van der Waals surface area contributed by atoms with Crippen LogP contribution in [0.1, 0.15) is 17.0 Å². The van der Waals surface area contributed by atoms with Gasteiger partial charge in [-0.05, 0) is 42.5 Å². The van der Waals surface area contributed by atoms with Crippen LogP contribution in [0.3, 0.4) is 0 Å². The number of carbonyl (C=O) groups is 1. The number of nitrogens with zero attached hydrogens (tertiary/aromatic N) is 5. The molecule has 5 aromatic rings. The predicted molar refractivity (Wildman–Crippen MR) is 161 cm³/mol. The molecule has 2 aromatic carbocycles. The Kier molecular flexibility index (Phi) is 7.25. The van der Waals surface area contributed by atoms with Gasteiger partial charge in [-0.15, -0.1) is 0 Å². The number of methoxy groups -OCH3 is 2. The van der Waals surface area contributed by atoms with Gasteiger partial charge in [-0.3, -0.25) is 14.8 Å².